The van der Waals surface area contributed by atoms with Gasteiger partial charge in [-0.3, -0.25) is 9.59 Å². The van der Waals surface area contributed by atoms with Crippen molar-refractivity contribution >= 4 is 29.1 Å². The van der Waals surface area contributed by atoms with Crippen LogP contribution < -0.4 is 11.1 Å². The number of rotatable bonds is 3. The van der Waals surface area contributed by atoms with Crippen LogP contribution in [-0.4, -0.2) is 35.8 Å². The minimum Gasteiger partial charge on any atom is -0.398 e. The average Bonchev–Trinajstić information content (AvgIpc) is 2.50. The molecule has 1 fully saturated rings. The van der Waals surface area contributed by atoms with Gasteiger partial charge in [-0.25, -0.2) is 0 Å². The molecule has 1 heterocycles. The number of nitrogens with two attached hydrogens (primary N) is 1. The van der Waals surface area contributed by atoms with Gasteiger partial charge in [0.2, 0.25) is 5.91 Å². The number of nitrogens with one attached hydrogen (secondary N) is 1. The van der Waals surface area contributed by atoms with Crippen molar-refractivity contribution < 1.29 is 9.59 Å². The Morgan fingerprint density at radius 3 is 2.62 bits per heavy atom. The summed E-state index contributed by atoms with van der Waals surface area (Å²) in [6.07, 6.45) is 3.20. The zero-order valence-electron chi connectivity index (χ0n) is 12.1. The molecule has 1 aliphatic rings. The van der Waals surface area contributed by atoms with Crippen LogP contribution in [0.5, 0.6) is 0 Å². The Labute approximate surface area is 129 Å². The molecule has 1 aromatic carbocycles. The van der Waals surface area contributed by atoms with Gasteiger partial charge in [0.05, 0.1) is 16.3 Å². The fourth-order valence-corrected chi connectivity index (χ4v) is 2.66. The highest BCUT2D eigenvalue weighted by Crippen LogP contribution is 2.23. The Morgan fingerprint density at radius 2 is 1.95 bits per heavy atom. The molecule has 3 N–H and O–H groups in total. The fraction of sp³-hybridized carbons (Fsp3) is 0.467. The molecule has 5 nitrogen and oxygen atoms in total. The first kappa shape index (κ1) is 15.6. The van der Waals surface area contributed by atoms with Crippen molar-refractivity contribution in [1.29, 1.82) is 0 Å². The molecule has 1 aromatic rings. The normalized spacial score (nSPS) is 16.4. The van der Waals surface area contributed by atoms with Gasteiger partial charge in [0.15, 0.2) is 0 Å². The van der Waals surface area contributed by atoms with Crippen LogP contribution in [0.4, 0.5) is 5.69 Å². The predicted octanol–water partition coefficient (Wildman–Crippen LogP) is 2.05. The monoisotopic (exact) mass is 309 g/mol. The molecule has 0 spiro atoms. The van der Waals surface area contributed by atoms with E-state index in [1.807, 2.05) is 0 Å². The number of halogens is 1. The molecule has 2 rings (SSSR count). The Balaban J connectivity index is 2.01. The Hall–Kier alpha value is -1.75. The molecule has 1 aliphatic heterocycles. The lowest BCUT2D eigenvalue weighted by Crippen LogP contribution is -2.48. The van der Waals surface area contributed by atoms with Crippen LogP contribution in [0.15, 0.2) is 18.2 Å². The van der Waals surface area contributed by atoms with Crippen LogP contribution in [-0.2, 0) is 4.79 Å². The van der Waals surface area contributed by atoms with Crippen molar-refractivity contribution in [1.82, 2.24) is 10.2 Å². The fourth-order valence-electron chi connectivity index (χ4n) is 2.45. The first-order chi connectivity index (χ1) is 10.0. The van der Waals surface area contributed by atoms with Crippen LogP contribution in [0.3, 0.4) is 0 Å². The van der Waals surface area contributed by atoms with Crippen LogP contribution in [0.1, 0.15) is 36.5 Å². The van der Waals surface area contributed by atoms with Crippen LogP contribution >= 0.6 is 11.6 Å². The number of carbonyl (C=O) groups is 2. The van der Waals surface area contributed by atoms with Crippen molar-refractivity contribution in [3.8, 4) is 0 Å². The van der Waals surface area contributed by atoms with Gasteiger partial charge in [0, 0.05) is 13.1 Å². The van der Waals surface area contributed by atoms with E-state index in [-0.39, 0.29) is 22.4 Å². The standard InChI is InChI=1S/C15H20ClN3O2/c1-10(15(21)19-8-3-2-4-9-19)18-14(20)11-6-5-7-12(17)13(11)16/h5-7,10H,2-4,8-9,17H2,1H3,(H,18,20). The summed E-state index contributed by atoms with van der Waals surface area (Å²) >= 11 is 6.02. The van der Waals surface area contributed by atoms with E-state index >= 15 is 0 Å². The molecule has 1 atom stereocenters. The minimum absolute atomic E-state index is 0.0527. The minimum atomic E-state index is -0.576. The molecule has 2 amide bonds. The molecule has 1 saturated heterocycles. The molecule has 0 saturated carbocycles. The highest BCUT2D eigenvalue weighted by molar-refractivity contribution is 6.36. The summed E-state index contributed by atoms with van der Waals surface area (Å²) in [4.78, 5) is 26.3. The van der Waals surface area contributed by atoms with Crippen LogP contribution in [0.2, 0.25) is 5.02 Å². The van der Waals surface area contributed by atoms with Crippen molar-refractivity contribution in [2.45, 2.75) is 32.2 Å². The van der Waals surface area contributed by atoms with Crippen LogP contribution in [0, 0.1) is 0 Å². The topological polar surface area (TPSA) is 75.4 Å². The van der Waals surface area contributed by atoms with Crippen molar-refractivity contribution in [3.63, 3.8) is 0 Å². The van der Waals surface area contributed by atoms with Crippen LogP contribution in [0.25, 0.3) is 0 Å². The second-order valence-corrected chi connectivity index (χ2v) is 5.67. The number of carbonyl (C=O) groups excluding carboxylic acids is 2. The molecule has 1 unspecified atom stereocenters. The third-order valence-corrected chi connectivity index (χ3v) is 4.08. The third-order valence-electron chi connectivity index (χ3n) is 3.66. The maximum atomic E-state index is 12.3. The van der Waals surface area contributed by atoms with Gasteiger partial charge in [-0.15, -0.1) is 0 Å². The first-order valence-electron chi connectivity index (χ1n) is 7.14. The van der Waals surface area contributed by atoms with Gasteiger partial charge in [-0.2, -0.15) is 0 Å². The number of nitrogens with zero attached hydrogens (tertiary/aromatic N) is 1. The van der Waals surface area contributed by atoms with Gasteiger partial charge in [-0.1, -0.05) is 17.7 Å². The maximum absolute atomic E-state index is 12.3. The molecule has 114 valence electrons. The van der Waals surface area contributed by atoms with E-state index < -0.39 is 6.04 Å². The largest absolute Gasteiger partial charge is 0.398 e. The van der Waals surface area contributed by atoms with Gasteiger partial charge in [-0.05, 0) is 38.3 Å². The zero-order valence-corrected chi connectivity index (χ0v) is 12.8. The summed E-state index contributed by atoms with van der Waals surface area (Å²) < 4.78 is 0. The van der Waals surface area contributed by atoms with Gasteiger partial charge in [0.25, 0.3) is 5.91 Å². The summed E-state index contributed by atoms with van der Waals surface area (Å²) in [6.45, 7) is 3.21. The van der Waals surface area contributed by atoms with Gasteiger partial charge < -0.3 is 16.0 Å². The molecule has 0 aliphatic carbocycles. The smallest absolute Gasteiger partial charge is 0.253 e. The van der Waals surface area contributed by atoms with E-state index in [4.69, 9.17) is 17.3 Å². The predicted molar refractivity (Wildman–Crippen MR) is 83.2 cm³/mol. The lowest BCUT2D eigenvalue weighted by molar-refractivity contribution is -0.133. The Kier molecular flexibility index (Phi) is 5.07. The molecular weight excluding hydrogens is 290 g/mol. The highest BCUT2D eigenvalue weighted by atomic mass is 35.5. The zero-order chi connectivity index (χ0) is 15.4. The maximum Gasteiger partial charge on any atom is 0.253 e. The number of anilines is 1. The molecule has 0 aromatic heterocycles. The van der Waals surface area contributed by atoms with Crippen molar-refractivity contribution in [3.05, 3.63) is 28.8 Å². The number of nitrogen functional groups attached to an aromatic ring is 1. The first-order valence-corrected chi connectivity index (χ1v) is 7.52. The number of piperidine rings is 1. The van der Waals surface area contributed by atoms with E-state index in [9.17, 15) is 9.59 Å². The molecule has 0 radical (unpaired) electrons. The number of hydrogen-bond donors (Lipinski definition) is 2. The summed E-state index contributed by atoms with van der Waals surface area (Å²) in [5.41, 5.74) is 6.31. The number of hydrogen-bond acceptors (Lipinski definition) is 3. The number of likely N-dealkylation sites (tertiary alicyclic amines) is 1. The Morgan fingerprint density at radius 1 is 1.29 bits per heavy atom. The number of benzene rings is 1. The van der Waals surface area contributed by atoms with E-state index in [0.29, 0.717) is 5.69 Å². The molecule has 21 heavy (non-hydrogen) atoms. The lowest BCUT2D eigenvalue weighted by atomic mass is 10.1. The van der Waals surface area contributed by atoms with Crippen molar-refractivity contribution in [2.75, 3.05) is 18.8 Å². The third kappa shape index (κ3) is 3.67. The Bertz CT molecular complexity index is 542. The van der Waals surface area contributed by atoms with E-state index in [2.05, 4.69) is 5.32 Å². The quantitative estimate of drug-likeness (QED) is 0.839. The van der Waals surface area contributed by atoms with E-state index in [0.717, 1.165) is 32.4 Å². The second kappa shape index (κ2) is 6.80. The SMILES string of the molecule is CC(NC(=O)c1cccc(N)c1Cl)C(=O)N1CCCCC1. The van der Waals surface area contributed by atoms with Gasteiger partial charge in [0.1, 0.15) is 6.04 Å². The summed E-state index contributed by atoms with van der Waals surface area (Å²) in [5.74, 6) is -0.437. The molecule has 6 heteroatoms. The van der Waals surface area contributed by atoms with E-state index in [1.165, 1.54) is 0 Å². The summed E-state index contributed by atoms with van der Waals surface area (Å²) in [5, 5.41) is 2.91. The average molecular weight is 310 g/mol. The molecule has 0 bridgehead atoms. The highest BCUT2D eigenvalue weighted by Gasteiger charge is 2.24. The van der Waals surface area contributed by atoms with Crippen molar-refractivity contribution in [2.24, 2.45) is 0 Å². The number of amides is 2. The van der Waals surface area contributed by atoms with Gasteiger partial charge >= 0.3 is 0 Å². The second-order valence-electron chi connectivity index (χ2n) is 5.29. The van der Waals surface area contributed by atoms with E-state index in [1.54, 1.807) is 30.0 Å². The molecular formula is C15H20ClN3O2. The summed E-state index contributed by atoms with van der Waals surface area (Å²) in [7, 11) is 0. The lowest BCUT2D eigenvalue weighted by Gasteiger charge is -2.29. The summed E-state index contributed by atoms with van der Waals surface area (Å²) in [6, 6.07) is 4.30.